The number of aryl methyl sites for hydroxylation is 1. The van der Waals surface area contributed by atoms with Gasteiger partial charge in [0.2, 0.25) is 5.91 Å². The van der Waals surface area contributed by atoms with Gasteiger partial charge in [-0.3, -0.25) is 4.79 Å². The van der Waals surface area contributed by atoms with Gasteiger partial charge in [0.25, 0.3) is 0 Å². The number of carbonyl (C=O) groups is 2. The van der Waals surface area contributed by atoms with E-state index in [1.54, 1.807) is 4.90 Å². The summed E-state index contributed by atoms with van der Waals surface area (Å²) in [6.45, 7) is 3.93. The molecule has 1 N–H and O–H groups in total. The van der Waals surface area contributed by atoms with E-state index in [9.17, 15) is 9.59 Å². The first-order chi connectivity index (χ1) is 14.1. The maximum atomic E-state index is 13.3. The molecule has 0 aliphatic heterocycles. The van der Waals surface area contributed by atoms with Crippen LogP contribution in [0.25, 0.3) is 0 Å². The number of nitrogens with zero attached hydrogens (tertiary/aromatic N) is 3. The fraction of sp³-hybridized carbons (Fsp3) is 0.478. The van der Waals surface area contributed by atoms with Crippen LogP contribution in [0.1, 0.15) is 43.9 Å². The van der Waals surface area contributed by atoms with Gasteiger partial charge in [-0.05, 0) is 37.0 Å². The van der Waals surface area contributed by atoms with Gasteiger partial charge in [-0.2, -0.15) is 0 Å². The summed E-state index contributed by atoms with van der Waals surface area (Å²) in [7, 11) is 1.98. The van der Waals surface area contributed by atoms with Gasteiger partial charge in [-0.25, -0.2) is 4.79 Å². The summed E-state index contributed by atoms with van der Waals surface area (Å²) in [6, 6.07) is 14.1. The lowest BCUT2D eigenvalue weighted by molar-refractivity contribution is -0.133. The molecule has 1 aromatic heterocycles. The number of rotatable bonds is 10. The predicted molar refractivity (Wildman–Crippen MR) is 114 cm³/mol. The van der Waals surface area contributed by atoms with Crippen molar-refractivity contribution in [2.75, 3.05) is 13.1 Å². The summed E-state index contributed by atoms with van der Waals surface area (Å²) in [4.78, 5) is 29.5. The van der Waals surface area contributed by atoms with Gasteiger partial charge in [-0.1, -0.05) is 43.7 Å². The van der Waals surface area contributed by atoms with Gasteiger partial charge < -0.3 is 19.7 Å². The highest BCUT2D eigenvalue weighted by Gasteiger charge is 2.34. The predicted octanol–water partition coefficient (Wildman–Crippen LogP) is 3.53. The Morgan fingerprint density at radius 1 is 1.10 bits per heavy atom. The highest BCUT2D eigenvalue weighted by molar-refractivity contribution is 5.84. The van der Waals surface area contributed by atoms with Gasteiger partial charge in [0.1, 0.15) is 6.54 Å². The zero-order chi connectivity index (χ0) is 20.6. The Kier molecular flexibility index (Phi) is 7.33. The van der Waals surface area contributed by atoms with Gasteiger partial charge in [0, 0.05) is 38.1 Å². The maximum Gasteiger partial charge on any atom is 0.318 e. The first-order valence-electron chi connectivity index (χ1n) is 10.5. The molecule has 1 aliphatic carbocycles. The first kappa shape index (κ1) is 21.0. The average Bonchev–Trinajstić information content (AvgIpc) is 3.48. The van der Waals surface area contributed by atoms with Crippen molar-refractivity contribution in [3.05, 3.63) is 59.9 Å². The zero-order valence-electron chi connectivity index (χ0n) is 17.5. The van der Waals surface area contributed by atoms with Crippen LogP contribution in [-0.2, 0) is 24.9 Å². The van der Waals surface area contributed by atoms with Crippen molar-refractivity contribution in [1.82, 2.24) is 19.7 Å². The van der Waals surface area contributed by atoms with Crippen LogP contribution in [0.15, 0.2) is 48.7 Å². The third-order valence-electron chi connectivity index (χ3n) is 5.33. The molecule has 0 saturated heterocycles. The minimum atomic E-state index is -0.118. The van der Waals surface area contributed by atoms with E-state index in [0.717, 1.165) is 36.9 Å². The third kappa shape index (κ3) is 6.11. The van der Waals surface area contributed by atoms with Crippen molar-refractivity contribution in [3.8, 4) is 0 Å². The second-order valence-corrected chi connectivity index (χ2v) is 7.79. The molecule has 6 heteroatoms. The summed E-state index contributed by atoms with van der Waals surface area (Å²) in [5.41, 5.74) is 2.15. The van der Waals surface area contributed by atoms with E-state index in [1.165, 1.54) is 0 Å². The second-order valence-electron chi connectivity index (χ2n) is 7.79. The van der Waals surface area contributed by atoms with Crippen molar-refractivity contribution < 1.29 is 9.59 Å². The van der Waals surface area contributed by atoms with Crippen LogP contribution in [0.2, 0.25) is 0 Å². The summed E-state index contributed by atoms with van der Waals surface area (Å²) in [5.74, 6) is -0.0207. The monoisotopic (exact) mass is 396 g/mol. The van der Waals surface area contributed by atoms with Crippen molar-refractivity contribution in [2.45, 2.75) is 51.7 Å². The summed E-state index contributed by atoms with van der Waals surface area (Å²) in [6.07, 6.45) is 5.92. The van der Waals surface area contributed by atoms with Crippen molar-refractivity contribution in [3.63, 3.8) is 0 Å². The number of unbranched alkanes of at least 4 members (excludes halogenated alkanes) is 1. The first-order valence-corrected chi connectivity index (χ1v) is 10.5. The molecule has 1 heterocycles. The number of hydrogen-bond acceptors (Lipinski definition) is 2. The molecular formula is C23H32N4O2. The summed E-state index contributed by atoms with van der Waals surface area (Å²) >= 11 is 0. The SMILES string of the molecule is CCCCNC(=O)N(CC(=O)N(Cc1ccccc1)Cc1cccn1C)C1CC1. The number of carbonyl (C=O) groups excluding carboxylic acids is 2. The molecule has 0 atom stereocenters. The zero-order valence-corrected chi connectivity index (χ0v) is 17.5. The molecule has 1 aliphatic rings. The summed E-state index contributed by atoms with van der Waals surface area (Å²) < 4.78 is 2.03. The highest BCUT2D eigenvalue weighted by atomic mass is 16.2. The molecule has 0 spiro atoms. The topological polar surface area (TPSA) is 57.6 Å². The van der Waals surface area contributed by atoms with Crippen molar-refractivity contribution in [2.24, 2.45) is 7.05 Å². The highest BCUT2D eigenvalue weighted by Crippen LogP contribution is 2.27. The van der Waals surface area contributed by atoms with E-state index < -0.39 is 0 Å². The van der Waals surface area contributed by atoms with Gasteiger partial charge in [-0.15, -0.1) is 0 Å². The molecule has 6 nitrogen and oxygen atoms in total. The van der Waals surface area contributed by atoms with E-state index in [0.29, 0.717) is 19.6 Å². The van der Waals surface area contributed by atoms with Crippen LogP contribution >= 0.6 is 0 Å². The molecule has 0 radical (unpaired) electrons. The fourth-order valence-corrected chi connectivity index (χ4v) is 3.36. The minimum absolute atomic E-state index is 0.0207. The molecule has 0 bridgehead atoms. The van der Waals surface area contributed by atoms with Gasteiger partial charge in [0.05, 0.1) is 6.54 Å². The number of benzene rings is 1. The lowest BCUT2D eigenvalue weighted by atomic mass is 10.2. The molecule has 1 aromatic carbocycles. The number of urea groups is 1. The Morgan fingerprint density at radius 3 is 2.48 bits per heavy atom. The fourth-order valence-electron chi connectivity index (χ4n) is 3.36. The smallest absolute Gasteiger partial charge is 0.318 e. The van der Waals surface area contributed by atoms with Crippen LogP contribution in [0.5, 0.6) is 0 Å². The molecule has 1 saturated carbocycles. The molecule has 29 heavy (non-hydrogen) atoms. The molecule has 3 amide bonds. The minimum Gasteiger partial charge on any atom is -0.353 e. The van der Waals surface area contributed by atoms with Crippen LogP contribution in [0.4, 0.5) is 4.79 Å². The van der Waals surface area contributed by atoms with Gasteiger partial charge >= 0.3 is 6.03 Å². The Labute approximate surface area is 173 Å². The Balaban J connectivity index is 1.70. The summed E-state index contributed by atoms with van der Waals surface area (Å²) in [5, 5.41) is 2.97. The third-order valence-corrected chi connectivity index (χ3v) is 5.33. The number of hydrogen-bond donors (Lipinski definition) is 1. The molecule has 1 fully saturated rings. The van der Waals surface area contributed by atoms with E-state index in [-0.39, 0.29) is 24.5 Å². The van der Waals surface area contributed by atoms with E-state index in [4.69, 9.17) is 0 Å². The number of nitrogens with one attached hydrogen (secondary N) is 1. The lowest BCUT2D eigenvalue weighted by Gasteiger charge is -2.28. The largest absolute Gasteiger partial charge is 0.353 e. The number of amides is 3. The Bertz CT molecular complexity index is 798. The lowest BCUT2D eigenvalue weighted by Crippen LogP contribution is -2.47. The normalized spacial score (nSPS) is 13.2. The second kappa shape index (κ2) is 10.1. The van der Waals surface area contributed by atoms with Crippen molar-refractivity contribution >= 4 is 11.9 Å². The number of aromatic nitrogens is 1. The standard InChI is InChI=1S/C23H32N4O2/c1-3-4-14-24-23(29)27(20-12-13-20)18-22(28)26(16-19-9-6-5-7-10-19)17-21-11-8-15-25(21)2/h5-11,15,20H,3-4,12-14,16-18H2,1-2H3,(H,24,29). The van der Waals surface area contributed by atoms with Crippen LogP contribution in [-0.4, -0.2) is 45.4 Å². The molecule has 3 rings (SSSR count). The van der Waals surface area contributed by atoms with E-state index in [2.05, 4.69) is 12.2 Å². The van der Waals surface area contributed by atoms with E-state index >= 15 is 0 Å². The molecule has 2 aromatic rings. The maximum absolute atomic E-state index is 13.3. The van der Waals surface area contributed by atoms with Gasteiger partial charge in [0.15, 0.2) is 0 Å². The average molecular weight is 397 g/mol. The van der Waals surface area contributed by atoms with E-state index in [1.807, 2.05) is 65.2 Å². The molecule has 0 unspecified atom stereocenters. The Hall–Kier alpha value is -2.76. The Morgan fingerprint density at radius 2 is 1.86 bits per heavy atom. The molecular weight excluding hydrogens is 364 g/mol. The molecule has 156 valence electrons. The van der Waals surface area contributed by atoms with Crippen LogP contribution in [0, 0.1) is 0 Å². The quantitative estimate of drug-likeness (QED) is 0.625. The van der Waals surface area contributed by atoms with Crippen molar-refractivity contribution in [1.29, 1.82) is 0 Å². The van der Waals surface area contributed by atoms with Crippen LogP contribution < -0.4 is 5.32 Å². The van der Waals surface area contributed by atoms with Crippen LogP contribution in [0.3, 0.4) is 0 Å².